The molecule has 1 atom stereocenters. The van der Waals surface area contributed by atoms with E-state index in [1.807, 2.05) is 31.2 Å². The van der Waals surface area contributed by atoms with Crippen molar-refractivity contribution in [2.45, 2.75) is 38.5 Å². The fourth-order valence-corrected chi connectivity index (χ4v) is 2.67. The third-order valence-corrected chi connectivity index (χ3v) is 4.21. The van der Waals surface area contributed by atoms with Crippen LogP contribution >= 0.6 is 0 Å². The number of rotatable bonds is 7. The summed E-state index contributed by atoms with van der Waals surface area (Å²) in [5.74, 6) is -0.0406. The molecular weight excluding hydrogens is 341 g/mol. The van der Waals surface area contributed by atoms with Crippen LogP contribution in [0.15, 0.2) is 48.5 Å². The van der Waals surface area contributed by atoms with Crippen molar-refractivity contribution in [3.05, 3.63) is 59.7 Å². The summed E-state index contributed by atoms with van der Waals surface area (Å²) in [4.78, 5) is 12.1. The van der Waals surface area contributed by atoms with Crippen LogP contribution in [-0.2, 0) is 17.5 Å². The Hall–Kier alpha value is -2.34. The molecule has 140 valence electrons. The van der Waals surface area contributed by atoms with Crippen molar-refractivity contribution >= 4 is 5.91 Å². The summed E-state index contributed by atoms with van der Waals surface area (Å²) in [6, 6.07) is 12.3. The molecule has 0 saturated heterocycles. The fourth-order valence-electron chi connectivity index (χ4n) is 2.67. The summed E-state index contributed by atoms with van der Waals surface area (Å²) in [6.45, 7) is 2.44. The summed E-state index contributed by atoms with van der Waals surface area (Å²) in [5.41, 5.74) is 1.81. The van der Waals surface area contributed by atoms with Crippen molar-refractivity contribution < 1.29 is 18.0 Å². The smallest absolute Gasteiger partial charge is 0.351 e. The van der Waals surface area contributed by atoms with Crippen molar-refractivity contribution in [1.29, 1.82) is 0 Å². The van der Waals surface area contributed by atoms with Gasteiger partial charge in [-0.2, -0.15) is 13.2 Å². The van der Waals surface area contributed by atoms with E-state index in [0.29, 0.717) is 12.1 Å². The first-order chi connectivity index (χ1) is 12.3. The largest absolute Gasteiger partial charge is 0.416 e. The van der Waals surface area contributed by atoms with Gasteiger partial charge in [-0.3, -0.25) is 4.79 Å². The quantitative estimate of drug-likeness (QED) is 0.766. The van der Waals surface area contributed by atoms with Crippen molar-refractivity contribution in [1.82, 2.24) is 10.6 Å². The molecule has 0 aliphatic carbocycles. The Morgan fingerprint density at radius 1 is 1.00 bits per heavy atom. The third kappa shape index (κ3) is 5.33. The molecular formula is C20H23F3N2O. The average molecular weight is 364 g/mol. The normalized spacial score (nSPS) is 12.7. The summed E-state index contributed by atoms with van der Waals surface area (Å²) >= 11 is 0. The first kappa shape index (κ1) is 20.0. The molecule has 2 rings (SSSR count). The minimum atomic E-state index is -4.33. The van der Waals surface area contributed by atoms with E-state index in [1.165, 1.54) is 12.1 Å². The van der Waals surface area contributed by atoms with Gasteiger partial charge in [0.1, 0.15) is 0 Å². The molecule has 3 nitrogen and oxygen atoms in total. The topological polar surface area (TPSA) is 41.1 Å². The van der Waals surface area contributed by atoms with Crippen molar-refractivity contribution in [2.75, 3.05) is 7.05 Å². The van der Waals surface area contributed by atoms with E-state index in [2.05, 4.69) is 10.6 Å². The number of likely N-dealkylation sites (N-methyl/N-ethyl adjacent to an activating group) is 1. The zero-order chi connectivity index (χ0) is 19.2. The molecule has 0 aliphatic rings. The number of hydrogen-bond acceptors (Lipinski definition) is 2. The van der Waals surface area contributed by atoms with Crippen LogP contribution in [0.4, 0.5) is 13.2 Å². The van der Waals surface area contributed by atoms with Crippen LogP contribution < -0.4 is 10.6 Å². The molecule has 0 aromatic heterocycles. The van der Waals surface area contributed by atoms with Crippen LogP contribution in [0, 0.1) is 0 Å². The lowest BCUT2D eigenvalue weighted by Crippen LogP contribution is -2.42. The van der Waals surface area contributed by atoms with E-state index in [1.54, 1.807) is 7.05 Å². The monoisotopic (exact) mass is 364 g/mol. The van der Waals surface area contributed by atoms with E-state index in [4.69, 9.17) is 0 Å². The van der Waals surface area contributed by atoms with Crippen LogP contribution in [-0.4, -0.2) is 19.0 Å². The van der Waals surface area contributed by atoms with E-state index in [0.717, 1.165) is 36.1 Å². The number of carbonyl (C=O) groups excluding carboxylic acids is 1. The van der Waals surface area contributed by atoms with Gasteiger partial charge in [0.05, 0.1) is 11.6 Å². The van der Waals surface area contributed by atoms with Gasteiger partial charge in [-0.1, -0.05) is 49.7 Å². The highest BCUT2D eigenvalue weighted by atomic mass is 19.4. The predicted molar refractivity (Wildman–Crippen MR) is 96.5 cm³/mol. The summed E-state index contributed by atoms with van der Waals surface area (Å²) in [7, 11) is 1.76. The maximum atomic E-state index is 12.6. The van der Waals surface area contributed by atoms with Gasteiger partial charge in [0, 0.05) is 6.54 Å². The van der Waals surface area contributed by atoms with Gasteiger partial charge in [-0.15, -0.1) is 0 Å². The molecule has 0 aliphatic heterocycles. The molecule has 2 N–H and O–H groups in total. The summed E-state index contributed by atoms with van der Waals surface area (Å²) < 4.78 is 37.9. The molecule has 6 heteroatoms. The van der Waals surface area contributed by atoms with Gasteiger partial charge in [0.2, 0.25) is 5.91 Å². The lowest BCUT2D eigenvalue weighted by Gasteiger charge is -2.15. The maximum absolute atomic E-state index is 12.6. The van der Waals surface area contributed by atoms with Crippen LogP contribution in [0.25, 0.3) is 11.1 Å². The highest BCUT2D eigenvalue weighted by Crippen LogP contribution is 2.31. The van der Waals surface area contributed by atoms with Crippen LogP contribution in [0.2, 0.25) is 0 Å². The molecule has 0 fully saturated rings. The lowest BCUT2D eigenvalue weighted by molar-refractivity contribution is -0.137. The molecule has 2 aromatic carbocycles. The zero-order valence-electron chi connectivity index (χ0n) is 14.9. The maximum Gasteiger partial charge on any atom is 0.416 e. The summed E-state index contributed by atoms with van der Waals surface area (Å²) in [6.07, 6.45) is -2.64. The number of alkyl halides is 3. The van der Waals surface area contributed by atoms with Crippen LogP contribution in [0.1, 0.15) is 30.9 Å². The van der Waals surface area contributed by atoms with Crippen molar-refractivity contribution in [2.24, 2.45) is 0 Å². The van der Waals surface area contributed by atoms with E-state index in [9.17, 15) is 18.0 Å². The Morgan fingerprint density at radius 2 is 1.54 bits per heavy atom. The first-order valence-corrected chi connectivity index (χ1v) is 8.56. The van der Waals surface area contributed by atoms with E-state index in [-0.39, 0.29) is 11.9 Å². The molecule has 0 spiro atoms. The van der Waals surface area contributed by atoms with Gasteiger partial charge in [-0.25, -0.2) is 0 Å². The Balaban J connectivity index is 1.99. The summed E-state index contributed by atoms with van der Waals surface area (Å²) in [5, 5.41) is 5.88. The highest BCUT2D eigenvalue weighted by Gasteiger charge is 2.29. The van der Waals surface area contributed by atoms with E-state index < -0.39 is 11.7 Å². The van der Waals surface area contributed by atoms with Gasteiger partial charge >= 0.3 is 6.18 Å². The Kier molecular flexibility index (Phi) is 6.80. The molecule has 26 heavy (non-hydrogen) atoms. The van der Waals surface area contributed by atoms with Crippen LogP contribution in [0.3, 0.4) is 0 Å². The third-order valence-electron chi connectivity index (χ3n) is 4.21. The average Bonchev–Trinajstić information content (AvgIpc) is 2.64. The lowest BCUT2D eigenvalue weighted by atomic mass is 10.0. The highest BCUT2D eigenvalue weighted by molar-refractivity contribution is 5.81. The van der Waals surface area contributed by atoms with Gasteiger partial charge in [-0.05, 0) is 42.3 Å². The molecule has 0 radical (unpaired) electrons. The Morgan fingerprint density at radius 3 is 2.00 bits per heavy atom. The first-order valence-electron chi connectivity index (χ1n) is 8.56. The molecule has 1 unspecified atom stereocenters. The van der Waals surface area contributed by atoms with Crippen molar-refractivity contribution in [3.8, 4) is 11.1 Å². The number of benzene rings is 2. The van der Waals surface area contributed by atoms with Gasteiger partial charge < -0.3 is 10.6 Å². The number of nitrogens with one attached hydrogen (secondary N) is 2. The van der Waals surface area contributed by atoms with Gasteiger partial charge in [0.15, 0.2) is 0 Å². The standard InChI is InChI=1S/C20H23F3N2O/c1-3-4-18(24-2)19(26)25-13-14-5-7-15(8-6-14)16-9-11-17(12-10-16)20(21,22)23/h5-12,18,24H,3-4,13H2,1-2H3,(H,25,26). The number of hydrogen-bond donors (Lipinski definition) is 2. The molecule has 2 aromatic rings. The van der Waals surface area contributed by atoms with Gasteiger partial charge in [0.25, 0.3) is 0 Å². The second kappa shape index (κ2) is 8.85. The molecule has 0 bridgehead atoms. The Labute approximate surface area is 151 Å². The number of amides is 1. The minimum absolute atomic E-state index is 0.0406. The minimum Gasteiger partial charge on any atom is -0.351 e. The van der Waals surface area contributed by atoms with Crippen LogP contribution in [0.5, 0.6) is 0 Å². The van der Waals surface area contributed by atoms with E-state index >= 15 is 0 Å². The SMILES string of the molecule is CCCC(NC)C(=O)NCc1ccc(-c2ccc(C(F)(F)F)cc2)cc1. The second-order valence-corrected chi connectivity index (χ2v) is 6.12. The number of carbonyl (C=O) groups is 1. The molecule has 1 amide bonds. The fraction of sp³-hybridized carbons (Fsp3) is 0.350. The number of halogens is 3. The molecule has 0 saturated carbocycles. The molecule has 0 heterocycles. The van der Waals surface area contributed by atoms with Crippen molar-refractivity contribution in [3.63, 3.8) is 0 Å². The second-order valence-electron chi connectivity index (χ2n) is 6.12. The Bertz CT molecular complexity index is 709. The predicted octanol–water partition coefficient (Wildman–Crippen LogP) is 4.38. The zero-order valence-corrected chi connectivity index (χ0v) is 14.9.